The van der Waals surface area contributed by atoms with Gasteiger partial charge in [0.25, 0.3) is 10.0 Å². The highest BCUT2D eigenvalue weighted by atomic mass is 32.2. The lowest BCUT2D eigenvalue weighted by Gasteiger charge is -2.29. The summed E-state index contributed by atoms with van der Waals surface area (Å²) in [6, 6.07) is 16.3. The van der Waals surface area contributed by atoms with Gasteiger partial charge in [-0.1, -0.05) is 24.3 Å². The van der Waals surface area contributed by atoms with Gasteiger partial charge in [0, 0.05) is 23.0 Å². The third-order valence-electron chi connectivity index (χ3n) is 6.33. The monoisotopic (exact) mass is 512 g/mol. The van der Waals surface area contributed by atoms with Crippen LogP contribution in [0.1, 0.15) is 12.8 Å². The van der Waals surface area contributed by atoms with Crippen molar-refractivity contribution < 1.29 is 32.2 Å². The molecule has 0 aliphatic carbocycles. The Labute approximate surface area is 210 Å². The number of hydrogen-bond donors (Lipinski definition) is 0. The van der Waals surface area contributed by atoms with Gasteiger partial charge in [0.05, 0.1) is 31.9 Å². The first-order valence-electron chi connectivity index (χ1n) is 11.4. The number of carbonyl (C=O) groups is 2. The van der Waals surface area contributed by atoms with Gasteiger partial charge in [-0.3, -0.25) is 9.10 Å². The second-order valence-corrected chi connectivity index (χ2v) is 10.1. The fraction of sp³-hybridized carbons (Fsp3) is 0.308. The zero-order valence-corrected chi connectivity index (χ0v) is 21.2. The Morgan fingerprint density at radius 1 is 0.944 bits per heavy atom. The minimum atomic E-state index is -4.15. The van der Waals surface area contributed by atoms with Crippen LogP contribution in [0.25, 0.3) is 10.8 Å². The highest BCUT2D eigenvalue weighted by molar-refractivity contribution is 7.92. The van der Waals surface area contributed by atoms with E-state index in [0.717, 1.165) is 21.8 Å². The van der Waals surface area contributed by atoms with Crippen molar-refractivity contribution in [1.82, 2.24) is 0 Å². The molecule has 1 aliphatic heterocycles. The second kappa shape index (κ2) is 10.4. The molecule has 1 saturated heterocycles. The maximum absolute atomic E-state index is 13.8. The SMILES string of the molecule is COC(=O)CN(c1ccc(N2CCC[C@H]2C(=O)OC)c2ccccc12)S(=O)(=O)c1ccc(OC)cc1. The number of carbonyl (C=O) groups excluding carboxylic acids is 2. The largest absolute Gasteiger partial charge is 0.497 e. The third-order valence-corrected chi connectivity index (χ3v) is 8.10. The smallest absolute Gasteiger partial charge is 0.328 e. The number of nitrogens with zero attached hydrogens (tertiary/aromatic N) is 2. The lowest BCUT2D eigenvalue weighted by molar-refractivity contribution is -0.142. The van der Waals surface area contributed by atoms with Crippen molar-refractivity contribution in [3.63, 3.8) is 0 Å². The fourth-order valence-electron chi connectivity index (χ4n) is 4.53. The van der Waals surface area contributed by atoms with Gasteiger partial charge in [-0.15, -0.1) is 0 Å². The van der Waals surface area contributed by atoms with Gasteiger partial charge in [0.1, 0.15) is 18.3 Å². The number of hydrogen-bond acceptors (Lipinski definition) is 8. The molecule has 0 radical (unpaired) electrons. The van der Waals surface area contributed by atoms with Gasteiger partial charge in [0.15, 0.2) is 0 Å². The highest BCUT2D eigenvalue weighted by Gasteiger charge is 2.34. The average molecular weight is 513 g/mol. The van der Waals surface area contributed by atoms with Crippen LogP contribution in [0.5, 0.6) is 5.75 Å². The van der Waals surface area contributed by atoms with Gasteiger partial charge in [-0.25, -0.2) is 13.2 Å². The number of methoxy groups -OCH3 is 3. The predicted octanol–water partition coefficient (Wildman–Crippen LogP) is 3.36. The number of ether oxygens (including phenoxy) is 3. The molecule has 190 valence electrons. The van der Waals surface area contributed by atoms with E-state index in [4.69, 9.17) is 14.2 Å². The summed E-state index contributed by atoms with van der Waals surface area (Å²) in [5.41, 5.74) is 1.12. The second-order valence-electron chi connectivity index (χ2n) is 8.29. The Bertz CT molecular complexity index is 1370. The van der Waals surface area contributed by atoms with Crippen LogP contribution >= 0.6 is 0 Å². The van der Waals surface area contributed by atoms with Crippen molar-refractivity contribution in [1.29, 1.82) is 0 Å². The normalized spacial score (nSPS) is 15.5. The molecule has 1 heterocycles. The quantitative estimate of drug-likeness (QED) is 0.424. The molecule has 1 atom stereocenters. The molecule has 1 aliphatic rings. The van der Waals surface area contributed by atoms with Crippen LogP contribution in [0, 0.1) is 0 Å². The summed E-state index contributed by atoms with van der Waals surface area (Å²) in [7, 11) is -0.0744. The average Bonchev–Trinajstić information content (AvgIpc) is 3.40. The fourth-order valence-corrected chi connectivity index (χ4v) is 5.96. The van der Waals surface area contributed by atoms with E-state index in [1.807, 2.05) is 17.0 Å². The van der Waals surface area contributed by atoms with Gasteiger partial charge in [-0.2, -0.15) is 0 Å². The van der Waals surface area contributed by atoms with Gasteiger partial charge in [0.2, 0.25) is 0 Å². The van der Waals surface area contributed by atoms with Crippen molar-refractivity contribution in [3.8, 4) is 5.75 Å². The molecular formula is C26H28N2O7S. The van der Waals surface area contributed by atoms with Gasteiger partial charge < -0.3 is 19.1 Å². The van der Waals surface area contributed by atoms with Crippen molar-refractivity contribution in [3.05, 3.63) is 60.7 Å². The molecular weight excluding hydrogens is 484 g/mol. The molecule has 0 spiro atoms. The van der Waals surface area contributed by atoms with Crippen LogP contribution in [0.15, 0.2) is 65.6 Å². The molecule has 0 bridgehead atoms. The minimum Gasteiger partial charge on any atom is -0.497 e. The zero-order valence-electron chi connectivity index (χ0n) is 20.3. The van der Waals surface area contributed by atoms with E-state index in [2.05, 4.69) is 0 Å². The minimum absolute atomic E-state index is 0.00524. The van der Waals surface area contributed by atoms with Crippen LogP contribution in [0.2, 0.25) is 0 Å². The van der Waals surface area contributed by atoms with E-state index in [0.29, 0.717) is 29.8 Å². The molecule has 10 heteroatoms. The van der Waals surface area contributed by atoms with Crippen LogP contribution in [0.4, 0.5) is 11.4 Å². The maximum atomic E-state index is 13.8. The zero-order chi connectivity index (χ0) is 25.9. The molecule has 1 fully saturated rings. The third kappa shape index (κ3) is 4.68. The van der Waals surface area contributed by atoms with E-state index in [1.54, 1.807) is 36.4 Å². The standard InChI is InChI=1S/C26H28N2O7S/c1-33-18-10-12-19(13-11-18)36(31,32)28(17-25(29)34-2)23-15-14-22(20-7-4-5-8-21(20)23)27-16-6-9-24(27)26(30)35-3/h4-5,7-8,10-15,24H,6,9,16-17H2,1-3H3/t24-/m0/s1. The summed E-state index contributed by atoms with van der Waals surface area (Å²) in [6.45, 7) is 0.155. The summed E-state index contributed by atoms with van der Waals surface area (Å²) in [5.74, 6) is -0.505. The first-order valence-corrected chi connectivity index (χ1v) is 12.9. The molecule has 3 aromatic rings. The van der Waals surface area contributed by atoms with E-state index in [-0.39, 0.29) is 10.9 Å². The first kappa shape index (κ1) is 25.3. The summed E-state index contributed by atoms with van der Waals surface area (Å²) in [5, 5.41) is 1.37. The lowest BCUT2D eigenvalue weighted by Crippen LogP contribution is -2.38. The summed E-state index contributed by atoms with van der Waals surface area (Å²) >= 11 is 0. The molecule has 0 N–H and O–H groups in total. The van der Waals surface area contributed by atoms with Crippen molar-refractivity contribution in [2.24, 2.45) is 0 Å². The number of rotatable bonds is 8. The Balaban J connectivity index is 1.86. The molecule has 4 rings (SSSR count). The molecule has 9 nitrogen and oxygen atoms in total. The van der Waals surface area contributed by atoms with Crippen molar-refractivity contribution in [2.75, 3.05) is 43.6 Å². The summed E-state index contributed by atoms with van der Waals surface area (Å²) in [4.78, 5) is 26.7. The number of sulfonamides is 1. The van der Waals surface area contributed by atoms with E-state index in [9.17, 15) is 18.0 Å². The Hall–Kier alpha value is -3.79. The highest BCUT2D eigenvalue weighted by Crippen LogP contribution is 2.39. The molecule has 36 heavy (non-hydrogen) atoms. The maximum Gasteiger partial charge on any atom is 0.328 e. The predicted molar refractivity (Wildman–Crippen MR) is 136 cm³/mol. The van der Waals surface area contributed by atoms with Crippen LogP contribution < -0.4 is 13.9 Å². The number of esters is 2. The van der Waals surface area contributed by atoms with Crippen LogP contribution in [-0.2, 0) is 29.1 Å². The first-order chi connectivity index (χ1) is 17.3. The Kier molecular flexibility index (Phi) is 7.35. The topological polar surface area (TPSA) is 102 Å². The van der Waals surface area contributed by atoms with Gasteiger partial charge >= 0.3 is 11.9 Å². The Morgan fingerprint density at radius 2 is 1.64 bits per heavy atom. The van der Waals surface area contributed by atoms with Crippen molar-refractivity contribution in [2.45, 2.75) is 23.8 Å². The van der Waals surface area contributed by atoms with Crippen LogP contribution in [0.3, 0.4) is 0 Å². The number of fused-ring (bicyclic) bond motifs is 1. The Morgan fingerprint density at radius 3 is 2.28 bits per heavy atom. The molecule has 0 aromatic heterocycles. The van der Waals surface area contributed by atoms with Gasteiger partial charge in [-0.05, 0) is 49.2 Å². The van der Waals surface area contributed by atoms with Crippen molar-refractivity contribution >= 4 is 44.1 Å². The van der Waals surface area contributed by atoms with E-state index in [1.165, 1.54) is 33.5 Å². The molecule has 3 aromatic carbocycles. The lowest BCUT2D eigenvalue weighted by atomic mass is 10.0. The molecule has 0 saturated carbocycles. The number of anilines is 2. The molecule has 0 amide bonds. The van der Waals surface area contributed by atoms with E-state index < -0.39 is 28.6 Å². The summed E-state index contributed by atoms with van der Waals surface area (Å²) in [6.07, 6.45) is 1.50. The van der Waals surface area contributed by atoms with Crippen LogP contribution in [-0.4, -0.2) is 60.8 Å². The summed E-state index contributed by atoms with van der Waals surface area (Å²) < 4.78 is 43.5. The molecule has 0 unspecified atom stereocenters. The van der Waals surface area contributed by atoms with E-state index >= 15 is 0 Å². The number of benzene rings is 3.